The quantitative estimate of drug-likeness (QED) is 0.677. The minimum absolute atomic E-state index is 0.0508. The Balaban J connectivity index is 1.69. The van der Waals surface area contributed by atoms with Gasteiger partial charge in [-0.1, -0.05) is 18.2 Å². The summed E-state index contributed by atoms with van der Waals surface area (Å²) in [5, 5.41) is 7.21. The maximum atomic E-state index is 13.3. The van der Waals surface area contributed by atoms with Crippen LogP contribution >= 0.6 is 0 Å². The number of amides is 2. The Labute approximate surface area is 165 Å². The number of hydrogen-bond acceptors (Lipinski definition) is 5. The fraction of sp³-hybridized carbons (Fsp3) is 0.250. The van der Waals surface area contributed by atoms with E-state index in [4.69, 9.17) is 0 Å². The molecule has 1 saturated heterocycles. The molecule has 2 aliphatic rings. The molecular weight excluding hydrogens is 372 g/mol. The zero-order chi connectivity index (χ0) is 20.2. The van der Waals surface area contributed by atoms with E-state index < -0.39 is 22.9 Å². The average Bonchev–Trinajstić information content (AvgIpc) is 3.39. The number of rotatable bonds is 2. The molecule has 2 aromatic heterocycles. The highest BCUT2D eigenvalue weighted by Crippen LogP contribution is 2.54. The lowest BCUT2D eigenvalue weighted by molar-refractivity contribution is -0.121. The molecule has 0 aliphatic carbocycles. The monoisotopic (exact) mass is 390 g/mol. The smallest absolute Gasteiger partial charge is 0.263 e. The molecule has 1 aromatic carbocycles. The van der Waals surface area contributed by atoms with Crippen molar-refractivity contribution in [1.82, 2.24) is 24.6 Å². The van der Waals surface area contributed by atoms with Gasteiger partial charge in [0.25, 0.3) is 11.5 Å². The van der Waals surface area contributed by atoms with Gasteiger partial charge in [0.2, 0.25) is 5.91 Å². The van der Waals surface area contributed by atoms with Crippen LogP contribution in [0.4, 0.5) is 5.69 Å². The highest BCUT2D eigenvalue weighted by Gasteiger charge is 2.59. The van der Waals surface area contributed by atoms with Crippen LogP contribution in [0.5, 0.6) is 0 Å². The molecule has 1 spiro atoms. The first-order valence-electron chi connectivity index (χ1n) is 9.25. The summed E-state index contributed by atoms with van der Waals surface area (Å²) in [6.45, 7) is 0.328. The maximum absolute atomic E-state index is 13.3. The highest BCUT2D eigenvalue weighted by atomic mass is 16.2. The van der Waals surface area contributed by atoms with Crippen molar-refractivity contribution in [3.63, 3.8) is 0 Å². The molecule has 5 rings (SSSR count). The maximum Gasteiger partial charge on any atom is 0.263 e. The second-order valence-electron chi connectivity index (χ2n) is 7.36. The topological polar surface area (TPSA) is 113 Å². The van der Waals surface area contributed by atoms with Gasteiger partial charge in [-0.25, -0.2) is 4.98 Å². The number of hydrogen-bond donors (Lipinski definition) is 2. The van der Waals surface area contributed by atoms with Gasteiger partial charge in [0.15, 0.2) is 0 Å². The SMILES string of the molecule is Cn1cc([C@@H]2N(C(=O)c3cnc[nH]c3=O)CC[C@]23C(=O)Nc2ccccc23)cn1. The van der Waals surface area contributed by atoms with Gasteiger partial charge in [-0.2, -0.15) is 5.10 Å². The van der Waals surface area contributed by atoms with Gasteiger partial charge < -0.3 is 15.2 Å². The Hall–Kier alpha value is -3.75. The molecule has 3 aromatic rings. The van der Waals surface area contributed by atoms with Gasteiger partial charge >= 0.3 is 0 Å². The first-order valence-corrected chi connectivity index (χ1v) is 9.25. The first kappa shape index (κ1) is 17.4. The number of aryl methyl sites for hydroxylation is 1. The number of aromatic amines is 1. The Morgan fingerprint density at radius 2 is 2.07 bits per heavy atom. The summed E-state index contributed by atoms with van der Waals surface area (Å²) in [6, 6.07) is 6.94. The lowest BCUT2D eigenvalue weighted by Gasteiger charge is -2.33. The largest absolute Gasteiger partial charge is 0.330 e. The molecule has 2 aliphatic heterocycles. The Morgan fingerprint density at radius 1 is 1.24 bits per heavy atom. The standard InChI is InChI=1S/C20H18N6O3/c1-25-10-12(8-23-25)16-20(14-4-2-3-5-15(14)24-19(20)29)6-7-26(16)18(28)13-9-21-11-22-17(13)27/h2-5,8-11,16H,6-7H2,1H3,(H,24,29)(H,21,22,27)/t16-,20+/m0/s1. The van der Waals surface area contributed by atoms with E-state index in [0.717, 1.165) is 16.8 Å². The minimum atomic E-state index is -0.940. The summed E-state index contributed by atoms with van der Waals surface area (Å²) in [4.78, 5) is 46.7. The van der Waals surface area contributed by atoms with E-state index in [-0.39, 0.29) is 11.5 Å². The van der Waals surface area contributed by atoms with E-state index >= 15 is 0 Å². The van der Waals surface area contributed by atoms with Crippen molar-refractivity contribution in [3.05, 3.63) is 76.2 Å². The molecule has 1 fully saturated rings. The van der Waals surface area contributed by atoms with Crippen molar-refractivity contribution in [2.75, 3.05) is 11.9 Å². The van der Waals surface area contributed by atoms with Gasteiger partial charge in [-0.05, 0) is 18.1 Å². The number of H-pyrrole nitrogens is 1. The van der Waals surface area contributed by atoms with Crippen LogP contribution in [0.3, 0.4) is 0 Å². The molecule has 0 bridgehead atoms. The third-order valence-corrected chi connectivity index (χ3v) is 5.84. The molecule has 4 heterocycles. The molecule has 146 valence electrons. The summed E-state index contributed by atoms with van der Waals surface area (Å²) in [5.41, 5.74) is 0.849. The lowest BCUT2D eigenvalue weighted by atomic mass is 9.73. The second-order valence-corrected chi connectivity index (χ2v) is 7.36. The zero-order valence-electron chi connectivity index (χ0n) is 15.6. The molecule has 2 N–H and O–H groups in total. The fourth-order valence-electron chi connectivity index (χ4n) is 4.60. The number of nitrogens with zero attached hydrogens (tertiary/aromatic N) is 4. The fourth-order valence-corrected chi connectivity index (χ4v) is 4.60. The summed E-state index contributed by atoms with van der Waals surface area (Å²) in [5.74, 6) is -0.606. The van der Waals surface area contributed by atoms with E-state index in [2.05, 4.69) is 20.4 Å². The Bertz CT molecular complexity index is 1200. The van der Waals surface area contributed by atoms with Crippen LogP contribution in [0.2, 0.25) is 0 Å². The van der Waals surface area contributed by atoms with Crippen molar-refractivity contribution < 1.29 is 9.59 Å². The van der Waals surface area contributed by atoms with E-state index in [1.54, 1.807) is 29.0 Å². The third-order valence-electron chi connectivity index (χ3n) is 5.84. The Kier molecular flexibility index (Phi) is 3.67. The molecule has 29 heavy (non-hydrogen) atoms. The number of carbonyl (C=O) groups excluding carboxylic acids is 2. The molecule has 0 radical (unpaired) electrons. The van der Waals surface area contributed by atoms with Crippen molar-refractivity contribution in [3.8, 4) is 0 Å². The zero-order valence-corrected chi connectivity index (χ0v) is 15.6. The first-order chi connectivity index (χ1) is 14.0. The molecule has 2 atom stereocenters. The number of fused-ring (bicyclic) bond motifs is 2. The van der Waals surface area contributed by atoms with E-state index in [1.807, 2.05) is 24.3 Å². The van der Waals surface area contributed by atoms with Gasteiger partial charge in [-0.15, -0.1) is 0 Å². The average molecular weight is 390 g/mol. The number of likely N-dealkylation sites (tertiary alicyclic amines) is 1. The van der Waals surface area contributed by atoms with E-state index in [1.165, 1.54) is 12.5 Å². The van der Waals surface area contributed by atoms with Crippen molar-refractivity contribution in [1.29, 1.82) is 0 Å². The molecule has 2 amide bonds. The van der Waals surface area contributed by atoms with Crippen LogP contribution in [0.25, 0.3) is 0 Å². The summed E-state index contributed by atoms with van der Waals surface area (Å²) < 4.78 is 1.64. The lowest BCUT2D eigenvalue weighted by Crippen LogP contribution is -2.43. The molecule has 0 unspecified atom stereocenters. The number of anilines is 1. The molecule has 0 saturated carbocycles. The van der Waals surface area contributed by atoms with Crippen molar-refractivity contribution in [2.45, 2.75) is 17.9 Å². The van der Waals surface area contributed by atoms with Crippen LogP contribution < -0.4 is 10.9 Å². The molecule has 9 nitrogen and oxygen atoms in total. The summed E-state index contributed by atoms with van der Waals surface area (Å²) in [6.07, 6.45) is 6.41. The second kappa shape index (κ2) is 6.13. The van der Waals surface area contributed by atoms with Crippen LogP contribution in [0.15, 0.2) is 54.0 Å². The van der Waals surface area contributed by atoms with Crippen molar-refractivity contribution >= 4 is 17.5 Å². The Morgan fingerprint density at radius 3 is 2.83 bits per heavy atom. The van der Waals surface area contributed by atoms with E-state index in [0.29, 0.717) is 13.0 Å². The number of para-hydroxylation sites is 1. The molecular formula is C20H18N6O3. The number of nitrogens with one attached hydrogen (secondary N) is 2. The predicted molar refractivity (Wildman–Crippen MR) is 103 cm³/mol. The molecule has 9 heteroatoms. The van der Waals surface area contributed by atoms with Crippen molar-refractivity contribution in [2.24, 2.45) is 7.05 Å². The minimum Gasteiger partial charge on any atom is -0.330 e. The third kappa shape index (κ3) is 2.36. The highest BCUT2D eigenvalue weighted by molar-refractivity contribution is 6.08. The van der Waals surface area contributed by atoms with Gasteiger partial charge in [0, 0.05) is 37.2 Å². The van der Waals surface area contributed by atoms with Gasteiger partial charge in [0.1, 0.15) is 11.0 Å². The normalized spacial score (nSPS) is 22.7. The van der Waals surface area contributed by atoms with Gasteiger partial charge in [0.05, 0.1) is 18.6 Å². The van der Waals surface area contributed by atoms with Crippen LogP contribution in [0, 0.1) is 0 Å². The van der Waals surface area contributed by atoms with E-state index in [9.17, 15) is 14.4 Å². The van der Waals surface area contributed by atoms with Crippen LogP contribution in [-0.2, 0) is 17.3 Å². The number of carbonyl (C=O) groups is 2. The number of benzene rings is 1. The number of aromatic nitrogens is 4. The van der Waals surface area contributed by atoms with Crippen LogP contribution in [-0.4, -0.2) is 43.0 Å². The van der Waals surface area contributed by atoms with Crippen LogP contribution in [0.1, 0.15) is 33.9 Å². The summed E-state index contributed by atoms with van der Waals surface area (Å²) in [7, 11) is 1.78. The predicted octanol–water partition coefficient (Wildman–Crippen LogP) is 0.981. The summed E-state index contributed by atoms with van der Waals surface area (Å²) >= 11 is 0. The van der Waals surface area contributed by atoms with Gasteiger partial charge in [-0.3, -0.25) is 19.1 Å².